The summed E-state index contributed by atoms with van der Waals surface area (Å²) in [6, 6.07) is 4.03. The fraction of sp³-hybridized carbons (Fsp3) is 0.538. The van der Waals surface area contributed by atoms with E-state index in [1.165, 1.54) is 18.2 Å². The summed E-state index contributed by atoms with van der Waals surface area (Å²) in [5.74, 6) is -0.396. The van der Waals surface area contributed by atoms with Crippen LogP contribution in [0, 0.1) is 5.82 Å². The van der Waals surface area contributed by atoms with Crippen LogP contribution in [0.1, 0.15) is 37.4 Å². The van der Waals surface area contributed by atoms with E-state index in [-0.39, 0.29) is 0 Å². The van der Waals surface area contributed by atoms with Crippen molar-refractivity contribution < 1.29 is 14.2 Å². The fourth-order valence-electron chi connectivity index (χ4n) is 2.57. The van der Waals surface area contributed by atoms with Gasteiger partial charge in [-0.2, -0.15) is 0 Å². The molecule has 1 fully saturated rings. The Balaban J connectivity index is 2.35. The SMILES string of the molecule is COC1(C(O)c2cc(F)ccc2Cl)CCCC1. The number of hydrogen-bond acceptors (Lipinski definition) is 2. The molecule has 1 N–H and O–H groups in total. The average molecular weight is 259 g/mol. The van der Waals surface area contributed by atoms with Gasteiger partial charge >= 0.3 is 0 Å². The van der Waals surface area contributed by atoms with Gasteiger partial charge < -0.3 is 9.84 Å². The van der Waals surface area contributed by atoms with Gasteiger partial charge in [0.1, 0.15) is 11.9 Å². The lowest BCUT2D eigenvalue weighted by atomic mass is 9.89. The van der Waals surface area contributed by atoms with Crippen molar-refractivity contribution in [2.45, 2.75) is 37.4 Å². The average Bonchev–Trinajstić information content (AvgIpc) is 2.81. The highest BCUT2D eigenvalue weighted by Gasteiger charge is 2.42. The molecule has 94 valence electrons. The topological polar surface area (TPSA) is 29.5 Å². The minimum absolute atomic E-state index is 0.377. The molecule has 1 saturated carbocycles. The Morgan fingerprint density at radius 3 is 2.65 bits per heavy atom. The van der Waals surface area contributed by atoms with E-state index in [1.54, 1.807) is 7.11 Å². The second-order valence-corrected chi connectivity index (χ2v) is 4.95. The highest BCUT2D eigenvalue weighted by molar-refractivity contribution is 6.31. The Morgan fingerprint density at radius 1 is 1.41 bits per heavy atom. The first-order valence-corrected chi connectivity index (χ1v) is 6.15. The molecule has 1 aromatic rings. The van der Waals surface area contributed by atoms with E-state index >= 15 is 0 Å². The summed E-state index contributed by atoms with van der Waals surface area (Å²) in [4.78, 5) is 0. The number of methoxy groups -OCH3 is 1. The third-order valence-electron chi connectivity index (χ3n) is 3.61. The van der Waals surface area contributed by atoms with E-state index in [4.69, 9.17) is 16.3 Å². The van der Waals surface area contributed by atoms with Crippen LogP contribution in [0.15, 0.2) is 18.2 Å². The monoisotopic (exact) mass is 258 g/mol. The first kappa shape index (κ1) is 12.8. The van der Waals surface area contributed by atoms with Crippen molar-refractivity contribution >= 4 is 11.6 Å². The van der Waals surface area contributed by atoms with Crippen molar-refractivity contribution in [2.75, 3.05) is 7.11 Å². The first-order chi connectivity index (χ1) is 8.09. The van der Waals surface area contributed by atoms with Crippen LogP contribution in [0.4, 0.5) is 4.39 Å². The van der Waals surface area contributed by atoms with Crippen LogP contribution >= 0.6 is 11.6 Å². The number of rotatable bonds is 3. The Labute approximate surface area is 105 Å². The molecule has 4 heteroatoms. The minimum Gasteiger partial charge on any atom is -0.385 e. The lowest BCUT2D eigenvalue weighted by Gasteiger charge is -2.33. The number of hydrogen-bond donors (Lipinski definition) is 1. The highest BCUT2D eigenvalue weighted by atomic mass is 35.5. The van der Waals surface area contributed by atoms with Gasteiger partial charge in [0.2, 0.25) is 0 Å². The molecule has 1 aliphatic carbocycles. The smallest absolute Gasteiger partial charge is 0.123 e. The summed E-state index contributed by atoms with van der Waals surface area (Å²) < 4.78 is 18.7. The number of ether oxygens (including phenoxy) is 1. The Hall–Kier alpha value is -0.640. The normalized spacial score (nSPS) is 20.5. The van der Waals surface area contributed by atoms with E-state index in [0.29, 0.717) is 10.6 Å². The molecule has 0 spiro atoms. The van der Waals surface area contributed by atoms with E-state index in [0.717, 1.165) is 25.7 Å². The van der Waals surface area contributed by atoms with Crippen molar-refractivity contribution in [3.8, 4) is 0 Å². The van der Waals surface area contributed by atoms with Gasteiger partial charge in [0.05, 0.1) is 5.60 Å². The van der Waals surface area contributed by atoms with Crippen molar-refractivity contribution in [2.24, 2.45) is 0 Å². The second kappa shape index (κ2) is 4.92. The Kier molecular flexibility index (Phi) is 3.71. The van der Waals surface area contributed by atoms with E-state index < -0.39 is 17.5 Å². The van der Waals surface area contributed by atoms with Crippen LogP contribution in [0.25, 0.3) is 0 Å². The van der Waals surface area contributed by atoms with E-state index in [9.17, 15) is 9.50 Å². The summed E-state index contributed by atoms with van der Waals surface area (Å²) in [6.07, 6.45) is 2.70. The Bertz CT molecular complexity index is 402. The molecule has 1 unspecified atom stereocenters. The van der Waals surface area contributed by atoms with Crippen molar-refractivity contribution in [3.63, 3.8) is 0 Å². The van der Waals surface area contributed by atoms with Crippen molar-refractivity contribution in [3.05, 3.63) is 34.6 Å². The van der Waals surface area contributed by atoms with Gasteiger partial charge in [-0.1, -0.05) is 24.4 Å². The summed E-state index contributed by atoms with van der Waals surface area (Å²) in [5.41, 5.74) is -0.201. The zero-order valence-electron chi connectivity index (χ0n) is 9.75. The molecule has 2 rings (SSSR count). The molecule has 2 nitrogen and oxygen atoms in total. The van der Waals surface area contributed by atoms with E-state index in [1.807, 2.05) is 0 Å². The molecule has 1 aromatic carbocycles. The lowest BCUT2D eigenvalue weighted by molar-refractivity contribution is -0.100. The summed E-state index contributed by atoms with van der Waals surface area (Å²) in [7, 11) is 1.59. The molecule has 0 aromatic heterocycles. The predicted molar refractivity (Wildman–Crippen MR) is 64.6 cm³/mol. The van der Waals surface area contributed by atoms with Crippen LogP contribution in [0.2, 0.25) is 5.02 Å². The van der Waals surface area contributed by atoms with Gasteiger partial charge in [-0.05, 0) is 31.0 Å². The van der Waals surface area contributed by atoms with Crippen LogP contribution < -0.4 is 0 Å². The molecule has 0 heterocycles. The van der Waals surface area contributed by atoms with Gasteiger partial charge in [0.15, 0.2) is 0 Å². The molecule has 1 atom stereocenters. The number of aliphatic hydroxyl groups excluding tert-OH is 1. The van der Waals surface area contributed by atoms with Gasteiger partial charge in [0.25, 0.3) is 0 Å². The fourth-order valence-corrected chi connectivity index (χ4v) is 2.79. The van der Waals surface area contributed by atoms with Gasteiger partial charge in [0, 0.05) is 17.7 Å². The Morgan fingerprint density at radius 2 is 2.06 bits per heavy atom. The third kappa shape index (κ3) is 2.32. The second-order valence-electron chi connectivity index (χ2n) is 4.54. The molecular weight excluding hydrogens is 243 g/mol. The highest BCUT2D eigenvalue weighted by Crippen LogP contribution is 2.44. The quantitative estimate of drug-likeness (QED) is 0.900. The molecule has 0 amide bonds. The first-order valence-electron chi connectivity index (χ1n) is 5.77. The third-order valence-corrected chi connectivity index (χ3v) is 3.95. The maximum absolute atomic E-state index is 13.2. The largest absolute Gasteiger partial charge is 0.385 e. The lowest BCUT2D eigenvalue weighted by Crippen LogP contribution is -2.35. The zero-order chi connectivity index (χ0) is 12.5. The number of benzene rings is 1. The van der Waals surface area contributed by atoms with Crippen LogP contribution in [-0.2, 0) is 4.74 Å². The van der Waals surface area contributed by atoms with Gasteiger partial charge in [-0.3, -0.25) is 0 Å². The standard InChI is InChI=1S/C13H16ClFO2/c1-17-13(6-2-3-7-13)12(16)10-8-9(15)4-5-11(10)14/h4-5,8,12,16H,2-3,6-7H2,1H3. The summed E-state index contributed by atoms with van der Waals surface area (Å²) >= 11 is 6.01. The maximum Gasteiger partial charge on any atom is 0.123 e. The molecule has 1 aliphatic rings. The van der Waals surface area contributed by atoms with Crippen molar-refractivity contribution in [1.82, 2.24) is 0 Å². The molecular formula is C13H16ClFO2. The summed E-state index contributed by atoms with van der Waals surface area (Å²) in [5, 5.41) is 10.8. The van der Waals surface area contributed by atoms with Gasteiger partial charge in [-0.25, -0.2) is 4.39 Å². The van der Waals surface area contributed by atoms with Crippen LogP contribution in [-0.4, -0.2) is 17.8 Å². The maximum atomic E-state index is 13.2. The van der Waals surface area contributed by atoms with Crippen molar-refractivity contribution in [1.29, 1.82) is 0 Å². The molecule has 0 radical (unpaired) electrons. The molecule has 0 saturated heterocycles. The predicted octanol–water partition coefficient (Wildman–Crippen LogP) is 3.47. The zero-order valence-corrected chi connectivity index (χ0v) is 10.5. The van der Waals surface area contributed by atoms with Crippen LogP contribution in [0.3, 0.4) is 0 Å². The minimum atomic E-state index is -0.877. The van der Waals surface area contributed by atoms with Crippen LogP contribution in [0.5, 0.6) is 0 Å². The number of aliphatic hydroxyl groups is 1. The molecule has 0 aliphatic heterocycles. The molecule has 0 bridgehead atoms. The summed E-state index contributed by atoms with van der Waals surface area (Å²) in [6.45, 7) is 0. The van der Waals surface area contributed by atoms with Gasteiger partial charge in [-0.15, -0.1) is 0 Å². The molecule has 17 heavy (non-hydrogen) atoms. The van der Waals surface area contributed by atoms with E-state index in [2.05, 4.69) is 0 Å². The number of halogens is 2.